The topological polar surface area (TPSA) is 142 Å². The number of nitrogens with one attached hydrogen (secondary N) is 3. The Labute approximate surface area is 101 Å². The van der Waals surface area contributed by atoms with Gasteiger partial charge in [0.1, 0.15) is 5.51 Å². The molecule has 3 heterocycles. The van der Waals surface area contributed by atoms with Crippen LogP contribution in [0.4, 0.5) is 11.1 Å². The molecular weight excluding hydrogens is 260 g/mol. The molecule has 0 spiro atoms. The average Bonchev–Trinajstić information content (AvgIpc) is 2.81. The van der Waals surface area contributed by atoms with Crippen molar-refractivity contribution in [2.24, 2.45) is 0 Å². The normalized spacial score (nSPS) is 10.7. The summed E-state index contributed by atoms with van der Waals surface area (Å²) in [7, 11) is 0. The van der Waals surface area contributed by atoms with Crippen LogP contribution >= 0.6 is 11.3 Å². The summed E-state index contributed by atoms with van der Waals surface area (Å²) in [6, 6.07) is 0. The predicted octanol–water partition coefficient (Wildman–Crippen LogP) is -1.00. The van der Waals surface area contributed by atoms with Crippen LogP contribution in [0.5, 0.6) is 0 Å². The molecule has 0 aliphatic carbocycles. The van der Waals surface area contributed by atoms with Crippen LogP contribution in [0, 0.1) is 0 Å². The van der Waals surface area contributed by atoms with Crippen molar-refractivity contribution in [1.82, 2.24) is 35.3 Å². The van der Waals surface area contributed by atoms with Gasteiger partial charge in [-0.15, -0.1) is 20.4 Å². The number of anilines is 2. The lowest BCUT2D eigenvalue weighted by atomic mass is 10.5. The van der Waals surface area contributed by atoms with E-state index < -0.39 is 11.2 Å². The molecule has 0 bridgehead atoms. The summed E-state index contributed by atoms with van der Waals surface area (Å²) >= 11 is 1.25. The molecule has 0 aliphatic rings. The van der Waals surface area contributed by atoms with Gasteiger partial charge in [0, 0.05) is 0 Å². The number of H-pyrrole nitrogens is 2. The zero-order chi connectivity index (χ0) is 12.5. The third-order valence-corrected chi connectivity index (χ3v) is 2.55. The molecule has 3 aromatic heterocycles. The molecule has 3 N–H and O–H groups in total. The van der Waals surface area contributed by atoms with Crippen molar-refractivity contribution in [3.8, 4) is 0 Å². The number of rotatable bonds is 2. The molecule has 0 saturated heterocycles. The number of fused-ring (bicyclic) bond motifs is 1. The number of aromatic nitrogens is 7. The molecule has 0 amide bonds. The summed E-state index contributed by atoms with van der Waals surface area (Å²) in [5, 5.41) is 17.9. The Hall–Kier alpha value is -2.69. The number of nitrogens with zero attached hydrogens (tertiary/aromatic N) is 5. The number of hydrogen-bond acceptors (Lipinski definition) is 9. The highest BCUT2D eigenvalue weighted by Gasteiger charge is 2.07. The molecule has 0 saturated carbocycles. The van der Waals surface area contributed by atoms with Crippen molar-refractivity contribution in [2.75, 3.05) is 5.32 Å². The average molecular weight is 264 g/mol. The summed E-state index contributed by atoms with van der Waals surface area (Å²) in [6.07, 6.45) is 0. The second kappa shape index (κ2) is 3.96. The van der Waals surface area contributed by atoms with Gasteiger partial charge in [0.2, 0.25) is 5.13 Å². The highest BCUT2D eigenvalue weighted by atomic mass is 32.1. The van der Waals surface area contributed by atoms with E-state index in [0.29, 0.717) is 5.13 Å². The Morgan fingerprint density at radius 2 is 2.06 bits per heavy atom. The molecule has 10 nitrogen and oxygen atoms in total. The standard InChI is InChI=1S/C7H4N8O2S/c16-4-2-3(10-6(17)11-4)9-5(14-13-2)12-7-15-8-1-18-7/h1H,(H3,9,10,11,12,14,15,16,17). The maximum atomic E-state index is 11.4. The van der Waals surface area contributed by atoms with Crippen molar-refractivity contribution in [3.63, 3.8) is 0 Å². The first kappa shape index (κ1) is 10.5. The monoisotopic (exact) mass is 264 g/mol. The first-order valence-corrected chi connectivity index (χ1v) is 5.50. The molecule has 0 aromatic carbocycles. The van der Waals surface area contributed by atoms with Gasteiger partial charge in [0.25, 0.3) is 11.5 Å². The zero-order valence-corrected chi connectivity index (χ0v) is 9.35. The Kier molecular flexibility index (Phi) is 2.30. The van der Waals surface area contributed by atoms with Crippen LogP contribution in [0.1, 0.15) is 0 Å². The summed E-state index contributed by atoms with van der Waals surface area (Å²) in [6.45, 7) is 0. The van der Waals surface area contributed by atoms with Crippen LogP contribution < -0.4 is 16.6 Å². The first-order chi connectivity index (χ1) is 8.72. The fourth-order valence-corrected chi connectivity index (χ4v) is 1.68. The fourth-order valence-electron chi connectivity index (χ4n) is 1.24. The van der Waals surface area contributed by atoms with Gasteiger partial charge in [0.15, 0.2) is 11.2 Å². The van der Waals surface area contributed by atoms with Crippen LogP contribution in [0.15, 0.2) is 15.1 Å². The fraction of sp³-hybridized carbons (Fsp3) is 0. The zero-order valence-electron chi connectivity index (χ0n) is 8.54. The van der Waals surface area contributed by atoms with Crippen molar-refractivity contribution in [1.29, 1.82) is 0 Å². The molecule has 90 valence electrons. The minimum absolute atomic E-state index is 0.0441. The Bertz CT molecular complexity index is 806. The molecule has 0 aliphatic heterocycles. The quantitative estimate of drug-likeness (QED) is 0.534. The SMILES string of the molecule is O=c1[nH]c(=O)c2nnc(Nc3nncs3)nc2[nH]1. The van der Waals surface area contributed by atoms with Crippen LogP contribution in [0.3, 0.4) is 0 Å². The molecular formula is C7H4N8O2S. The smallest absolute Gasteiger partial charge is 0.297 e. The Morgan fingerprint density at radius 1 is 1.17 bits per heavy atom. The summed E-state index contributed by atoms with van der Waals surface area (Å²) < 4.78 is 0. The van der Waals surface area contributed by atoms with E-state index in [1.807, 2.05) is 4.98 Å². The highest BCUT2D eigenvalue weighted by molar-refractivity contribution is 7.13. The molecule has 3 aromatic rings. The number of hydrogen-bond donors (Lipinski definition) is 3. The second-order valence-electron chi connectivity index (χ2n) is 3.11. The summed E-state index contributed by atoms with van der Waals surface area (Å²) in [5.74, 6) is 0.112. The molecule has 0 radical (unpaired) electrons. The first-order valence-electron chi connectivity index (χ1n) is 4.62. The molecule has 18 heavy (non-hydrogen) atoms. The highest BCUT2D eigenvalue weighted by Crippen LogP contribution is 2.13. The van der Waals surface area contributed by atoms with Crippen molar-refractivity contribution in [2.45, 2.75) is 0 Å². The van der Waals surface area contributed by atoms with E-state index in [1.54, 1.807) is 0 Å². The van der Waals surface area contributed by atoms with E-state index >= 15 is 0 Å². The van der Waals surface area contributed by atoms with Crippen LogP contribution in [-0.4, -0.2) is 35.3 Å². The van der Waals surface area contributed by atoms with Gasteiger partial charge >= 0.3 is 5.69 Å². The van der Waals surface area contributed by atoms with Crippen LogP contribution in [0.2, 0.25) is 0 Å². The van der Waals surface area contributed by atoms with E-state index in [4.69, 9.17) is 0 Å². The van der Waals surface area contributed by atoms with Crippen molar-refractivity contribution >= 4 is 33.6 Å². The van der Waals surface area contributed by atoms with Crippen LogP contribution in [-0.2, 0) is 0 Å². The molecule has 11 heteroatoms. The second-order valence-corrected chi connectivity index (χ2v) is 3.94. The minimum Gasteiger partial charge on any atom is -0.297 e. The van der Waals surface area contributed by atoms with Gasteiger partial charge in [-0.25, -0.2) is 4.79 Å². The van der Waals surface area contributed by atoms with Crippen molar-refractivity contribution in [3.05, 3.63) is 26.3 Å². The number of aromatic amines is 2. The molecule has 0 fully saturated rings. The Balaban J connectivity index is 2.11. The van der Waals surface area contributed by atoms with Crippen molar-refractivity contribution < 1.29 is 0 Å². The summed E-state index contributed by atoms with van der Waals surface area (Å²) in [5.41, 5.74) is 0.234. The van der Waals surface area contributed by atoms with E-state index in [-0.39, 0.29) is 17.1 Å². The van der Waals surface area contributed by atoms with Gasteiger partial charge in [0.05, 0.1) is 0 Å². The Morgan fingerprint density at radius 3 is 2.83 bits per heavy atom. The van der Waals surface area contributed by atoms with E-state index in [1.165, 1.54) is 16.8 Å². The molecule has 0 atom stereocenters. The van der Waals surface area contributed by atoms with Crippen LogP contribution in [0.25, 0.3) is 11.2 Å². The lowest BCUT2D eigenvalue weighted by molar-refractivity contribution is 0.968. The maximum absolute atomic E-state index is 11.4. The van der Waals surface area contributed by atoms with E-state index in [9.17, 15) is 9.59 Å². The van der Waals surface area contributed by atoms with E-state index in [0.717, 1.165) is 0 Å². The third-order valence-electron chi connectivity index (χ3n) is 1.94. The van der Waals surface area contributed by atoms with E-state index in [2.05, 4.69) is 35.7 Å². The molecule has 3 rings (SSSR count). The van der Waals surface area contributed by atoms with Gasteiger partial charge in [-0.1, -0.05) is 11.3 Å². The largest absolute Gasteiger partial charge is 0.327 e. The lowest BCUT2D eigenvalue weighted by Gasteiger charge is -1.99. The lowest BCUT2D eigenvalue weighted by Crippen LogP contribution is -2.23. The van der Waals surface area contributed by atoms with Gasteiger partial charge in [-0.2, -0.15) is 4.98 Å². The van der Waals surface area contributed by atoms with Gasteiger partial charge in [-0.3, -0.25) is 20.1 Å². The summed E-state index contributed by atoms with van der Waals surface area (Å²) in [4.78, 5) is 30.8. The minimum atomic E-state index is -0.658. The predicted molar refractivity (Wildman–Crippen MR) is 61.8 cm³/mol. The molecule has 0 unspecified atom stereocenters. The van der Waals surface area contributed by atoms with Gasteiger partial charge < -0.3 is 0 Å². The van der Waals surface area contributed by atoms with Gasteiger partial charge in [-0.05, 0) is 0 Å². The maximum Gasteiger partial charge on any atom is 0.327 e. The third kappa shape index (κ3) is 1.82.